The average molecular weight is 184 g/mol. The van der Waals surface area contributed by atoms with Crippen LogP contribution in [0.25, 0.3) is 0 Å². The molecule has 0 aromatic carbocycles. The molecule has 2 unspecified atom stereocenters. The van der Waals surface area contributed by atoms with Crippen molar-refractivity contribution in [3.8, 4) is 6.19 Å². The quantitative estimate of drug-likeness (QED) is 0.584. The first kappa shape index (κ1) is 10.3. The fraction of sp³-hybridized carbons (Fsp3) is 0.900. The molecule has 74 valence electrons. The minimum atomic E-state index is -0.831. The number of alkyl halides is 1. The van der Waals surface area contributed by atoms with E-state index in [9.17, 15) is 4.39 Å². The van der Waals surface area contributed by atoms with Crippen molar-refractivity contribution in [2.24, 2.45) is 11.8 Å². The molecule has 0 bridgehead atoms. The van der Waals surface area contributed by atoms with Crippen LogP contribution in [0.3, 0.4) is 0 Å². The Morgan fingerprint density at radius 1 is 1.54 bits per heavy atom. The van der Waals surface area contributed by atoms with Crippen molar-refractivity contribution in [2.75, 3.05) is 13.1 Å². The monoisotopic (exact) mass is 184 g/mol. The van der Waals surface area contributed by atoms with Crippen LogP contribution in [-0.4, -0.2) is 24.2 Å². The van der Waals surface area contributed by atoms with Crippen molar-refractivity contribution in [1.82, 2.24) is 4.90 Å². The van der Waals surface area contributed by atoms with Crippen LogP contribution in [0.15, 0.2) is 0 Å². The third-order valence-corrected chi connectivity index (χ3v) is 2.82. The molecule has 13 heavy (non-hydrogen) atoms. The van der Waals surface area contributed by atoms with Gasteiger partial charge in [0.25, 0.3) is 0 Å². The molecule has 3 heteroatoms. The van der Waals surface area contributed by atoms with E-state index in [-0.39, 0.29) is 5.92 Å². The Labute approximate surface area is 79.3 Å². The van der Waals surface area contributed by atoms with Gasteiger partial charge in [-0.05, 0) is 24.7 Å². The van der Waals surface area contributed by atoms with Crippen LogP contribution in [-0.2, 0) is 0 Å². The molecule has 1 fully saturated rings. The Bertz CT molecular complexity index is 198. The van der Waals surface area contributed by atoms with Crippen molar-refractivity contribution in [3.63, 3.8) is 0 Å². The van der Waals surface area contributed by atoms with Gasteiger partial charge in [-0.25, -0.2) is 4.39 Å². The molecule has 1 heterocycles. The molecule has 0 amide bonds. The van der Waals surface area contributed by atoms with E-state index in [0.717, 1.165) is 19.4 Å². The second-order valence-electron chi connectivity index (χ2n) is 4.11. The first-order chi connectivity index (χ1) is 6.15. The highest BCUT2D eigenvalue weighted by molar-refractivity contribution is 4.85. The largest absolute Gasteiger partial charge is 0.308 e. The second-order valence-corrected chi connectivity index (χ2v) is 4.11. The standard InChI is InChI=1S/C10H17FN2/c1-8(2)9-4-3-5-13(7-12)6-10(9)11/h8-10H,3-6H2,1-2H3. The van der Waals surface area contributed by atoms with E-state index in [1.807, 2.05) is 6.19 Å². The van der Waals surface area contributed by atoms with E-state index in [0.29, 0.717) is 12.5 Å². The Morgan fingerprint density at radius 3 is 2.77 bits per heavy atom. The fourth-order valence-electron chi connectivity index (χ4n) is 1.98. The SMILES string of the molecule is CC(C)C1CCCN(C#N)CC1F. The Kier molecular flexibility index (Phi) is 3.53. The van der Waals surface area contributed by atoms with Gasteiger partial charge in [-0.15, -0.1) is 0 Å². The van der Waals surface area contributed by atoms with Crippen LogP contribution in [0.5, 0.6) is 0 Å². The summed E-state index contributed by atoms with van der Waals surface area (Å²) in [6.07, 6.45) is 3.05. The van der Waals surface area contributed by atoms with Gasteiger partial charge in [-0.1, -0.05) is 13.8 Å². The third kappa shape index (κ3) is 2.58. The van der Waals surface area contributed by atoms with Gasteiger partial charge in [-0.2, -0.15) is 5.26 Å². The zero-order valence-electron chi connectivity index (χ0n) is 8.33. The van der Waals surface area contributed by atoms with Gasteiger partial charge in [-0.3, -0.25) is 0 Å². The number of hydrogen-bond donors (Lipinski definition) is 0. The van der Waals surface area contributed by atoms with Crippen LogP contribution in [0.2, 0.25) is 0 Å². The van der Waals surface area contributed by atoms with E-state index < -0.39 is 6.17 Å². The van der Waals surface area contributed by atoms with E-state index >= 15 is 0 Å². The first-order valence-electron chi connectivity index (χ1n) is 4.94. The minimum Gasteiger partial charge on any atom is -0.308 e. The van der Waals surface area contributed by atoms with Crippen LogP contribution in [0, 0.1) is 23.3 Å². The van der Waals surface area contributed by atoms with Crippen molar-refractivity contribution in [3.05, 3.63) is 0 Å². The lowest BCUT2D eigenvalue weighted by molar-refractivity contribution is 0.161. The molecule has 0 radical (unpaired) electrons. The minimum absolute atomic E-state index is 0.137. The zero-order chi connectivity index (χ0) is 9.84. The number of nitriles is 1. The van der Waals surface area contributed by atoms with Crippen LogP contribution in [0.4, 0.5) is 4.39 Å². The lowest BCUT2D eigenvalue weighted by Gasteiger charge is -2.22. The summed E-state index contributed by atoms with van der Waals surface area (Å²) in [7, 11) is 0. The molecule has 0 aliphatic carbocycles. The molecule has 2 nitrogen and oxygen atoms in total. The fourth-order valence-corrected chi connectivity index (χ4v) is 1.98. The third-order valence-electron chi connectivity index (χ3n) is 2.82. The normalized spacial score (nSPS) is 29.9. The zero-order valence-corrected chi connectivity index (χ0v) is 8.33. The number of nitrogens with zero attached hydrogens (tertiary/aromatic N) is 2. The summed E-state index contributed by atoms with van der Waals surface area (Å²) in [5.41, 5.74) is 0. The van der Waals surface area contributed by atoms with Crippen LogP contribution >= 0.6 is 0 Å². The maximum Gasteiger partial charge on any atom is 0.179 e. The number of rotatable bonds is 1. The van der Waals surface area contributed by atoms with Crippen LogP contribution < -0.4 is 0 Å². The molecular formula is C10H17FN2. The summed E-state index contributed by atoms with van der Waals surface area (Å²) in [5, 5.41) is 8.67. The van der Waals surface area contributed by atoms with Crippen molar-refractivity contribution in [2.45, 2.75) is 32.9 Å². The van der Waals surface area contributed by atoms with Gasteiger partial charge in [0.15, 0.2) is 6.19 Å². The lowest BCUT2D eigenvalue weighted by Crippen LogP contribution is -2.29. The molecule has 1 saturated heterocycles. The number of halogens is 1. The molecular weight excluding hydrogens is 167 g/mol. The van der Waals surface area contributed by atoms with E-state index in [2.05, 4.69) is 13.8 Å². The Morgan fingerprint density at radius 2 is 2.23 bits per heavy atom. The van der Waals surface area contributed by atoms with Crippen LogP contribution in [0.1, 0.15) is 26.7 Å². The topological polar surface area (TPSA) is 27.0 Å². The molecule has 0 N–H and O–H groups in total. The van der Waals surface area contributed by atoms with E-state index in [4.69, 9.17) is 5.26 Å². The Hall–Kier alpha value is -0.780. The molecule has 1 aliphatic heterocycles. The lowest BCUT2D eigenvalue weighted by atomic mass is 9.88. The van der Waals surface area contributed by atoms with Crippen molar-refractivity contribution in [1.29, 1.82) is 5.26 Å². The summed E-state index contributed by atoms with van der Waals surface area (Å²) in [5.74, 6) is 0.520. The summed E-state index contributed by atoms with van der Waals surface area (Å²) in [6.45, 7) is 5.12. The first-order valence-corrected chi connectivity index (χ1v) is 4.94. The summed E-state index contributed by atoms with van der Waals surface area (Å²) in [6, 6.07) is 0. The van der Waals surface area contributed by atoms with Crippen molar-refractivity contribution < 1.29 is 4.39 Å². The number of likely N-dealkylation sites (tertiary alicyclic amines) is 1. The predicted molar refractivity (Wildman–Crippen MR) is 49.6 cm³/mol. The summed E-state index contributed by atoms with van der Waals surface area (Å²) in [4.78, 5) is 1.53. The molecule has 1 aliphatic rings. The van der Waals surface area contributed by atoms with Gasteiger partial charge in [0.2, 0.25) is 0 Å². The van der Waals surface area contributed by atoms with Gasteiger partial charge < -0.3 is 4.90 Å². The Balaban J connectivity index is 2.57. The van der Waals surface area contributed by atoms with Gasteiger partial charge >= 0.3 is 0 Å². The average Bonchev–Trinajstić information content (AvgIpc) is 2.26. The smallest absolute Gasteiger partial charge is 0.179 e. The van der Waals surface area contributed by atoms with E-state index in [1.54, 1.807) is 0 Å². The number of hydrogen-bond acceptors (Lipinski definition) is 2. The molecule has 0 spiro atoms. The maximum absolute atomic E-state index is 13.6. The molecule has 2 atom stereocenters. The summed E-state index contributed by atoms with van der Waals surface area (Å²) >= 11 is 0. The highest BCUT2D eigenvalue weighted by Crippen LogP contribution is 2.26. The summed E-state index contributed by atoms with van der Waals surface area (Å²) < 4.78 is 13.6. The highest BCUT2D eigenvalue weighted by atomic mass is 19.1. The van der Waals surface area contributed by atoms with Crippen molar-refractivity contribution >= 4 is 0 Å². The predicted octanol–water partition coefficient (Wildman–Crippen LogP) is 2.17. The molecule has 0 saturated carbocycles. The van der Waals surface area contributed by atoms with Gasteiger partial charge in [0.05, 0.1) is 6.54 Å². The van der Waals surface area contributed by atoms with Gasteiger partial charge in [0, 0.05) is 6.54 Å². The molecule has 0 aromatic rings. The molecule has 1 rings (SSSR count). The molecule has 0 aromatic heterocycles. The van der Waals surface area contributed by atoms with E-state index in [1.165, 1.54) is 4.90 Å². The highest BCUT2D eigenvalue weighted by Gasteiger charge is 2.28. The second kappa shape index (κ2) is 4.45. The van der Waals surface area contributed by atoms with Gasteiger partial charge in [0.1, 0.15) is 6.17 Å². The maximum atomic E-state index is 13.6.